The molecular formula is C17H16Br2O. The van der Waals surface area contributed by atoms with Crippen molar-refractivity contribution in [2.75, 3.05) is 0 Å². The Morgan fingerprint density at radius 2 is 2.00 bits per heavy atom. The van der Waals surface area contributed by atoms with E-state index in [1.54, 1.807) is 0 Å². The van der Waals surface area contributed by atoms with E-state index in [0.29, 0.717) is 6.10 Å². The molecule has 1 heterocycles. The second-order valence-electron chi connectivity index (χ2n) is 5.39. The highest BCUT2D eigenvalue weighted by atomic mass is 79.9. The molecule has 0 bridgehead atoms. The second-order valence-corrected chi connectivity index (χ2v) is 7.16. The number of rotatable bonds is 2. The molecule has 104 valence electrons. The van der Waals surface area contributed by atoms with Gasteiger partial charge in [-0.3, -0.25) is 0 Å². The third kappa shape index (κ3) is 2.66. The maximum absolute atomic E-state index is 5.77. The Morgan fingerprint density at radius 1 is 1.20 bits per heavy atom. The summed E-state index contributed by atoms with van der Waals surface area (Å²) in [5, 5.41) is 0. The second kappa shape index (κ2) is 5.53. The van der Waals surface area contributed by atoms with Crippen molar-refractivity contribution in [1.82, 2.24) is 0 Å². The topological polar surface area (TPSA) is 9.23 Å². The summed E-state index contributed by atoms with van der Waals surface area (Å²) in [7, 11) is 0. The van der Waals surface area contributed by atoms with Crippen LogP contribution < -0.4 is 4.74 Å². The van der Waals surface area contributed by atoms with Crippen LogP contribution in [0, 0.1) is 6.92 Å². The Kier molecular flexibility index (Phi) is 3.91. The van der Waals surface area contributed by atoms with E-state index in [1.165, 1.54) is 22.3 Å². The quantitative estimate of drug-likeness (QED) is 0.604. The lowest BCUT2D eigenvalue weighted by molar-refractivity contribution is 0.254. The zero-order valence-corrected chi connectivity index (χ0v) is 14.7. The van der Waals surface area contributed by atoms with Crippen molar-refractivity contribution < 1.29 is 4.74 Å². The van der Waals surface area contributed by atoms with Crippen molar-refractivity contribution in [3.05, 3.63) is 63.1 Å². The predicted molar refractivity (Wildman–Crippen MR) is 89.9 cm³/mol. The minimum absolute atomic E-state index is 0.193. The van der Waals surface area contributed by atoms with E-state index in [9.17, 15) is 0 Å². The van der Waals surface area contributed by atoms with Crippen molar-refractivity contribution >= 4 is 31.9 Å². The van der Waals surface area contributed by atoms with Crippen molar-refractivity contribution in [3.8, 4) is 5.75 Å². The molecule has 0 aliphatic carbocycles. The van der Waals surface area contributed by atoms with Gasteiger partial charge >= 0.3 is 0 Å². The van der Waals surface area contributed by atoms with Crippen molar-refractivity contribution in [2.24, 2.45) is 0 Å². The lowest BCUT2D eigenvalue weighted by atomic mass is 10.00. The van der Waals surface area contributed by atoms with Gasteiger partial charge in [-0.25, -0.2) is 0 Å². The molecule has 0 aromatic heterocycles. The average molecular weight is 396 g/mol. The molecule has 0 spiro atoms. The third-order valence-corrected chi connectivity index (χ3v) is 5.38. The molecule has 0 saturated heterocycles. The number of alkyl halides is 1. The smallest absolute Gasteiger partial charge is 0.123 e. The maximum Gasteiger partial charge on any atom is 0.123 e. The van der Waals surface area contributed by atoms with E-state index < -0.39 is 0 Å². The van der Waals surface area contributed by atoms with E-state index in [2.05, 4.69) is 82.1 Å². The monoisotopic (exact) mass is 394 g/mol. The number of fused-ring (bicyclic) bond motifs is 1. The summed E-state index contributed by atoms with van der Waals surface area (Å²) in [6.45, 7) is 4.23. The van der Waals surface area contributed by atoms with Gasteiger partial charge in [-0.05, 0) is 42.7 Å². The van der Waals surface area contributed by atoms with Gasteiger partial charge in [0.15, 0.2) is 0 Å². The summed E-state index contributed by atoms with van der Waals surface area (Å²) < 4.78 is 6.90. The minimum Gasteiger partial charge on any atom is -0.490 e. The van der Waals surface area contributed by atoms with Gasteiger partial charge in [-0.15, -0.1) is 0 Å². The van der Waals surface area contributed by atoms with Gasteiger partial charge in [0.05, 0.1) is 4.83 Å². The largest absolute Gasteiger partial charge is 0.490 e. The molecule has 20 heavy (non-hydrogen) atoms. The number of aryl methyl sites for hydroxylation is 1. The van der Waals surface area contributed by atoms with Gasteiger partial charge in [0.25, 0.3) is 0 Å². The molecule has 0 amide bonds. The van der Waals surface area contributed by atoms with Gasteiger partial charge in [0.1, 0.15) is 11.9 Å². The summed E-state index contributed by atoms with van der Waals surface area (Å²) in [4.78, 5) is 0.193. The molecule has 3 heteroatoms. The SMILES string of the molecule is Cc1ccc(Br)c(C(Br)c2ccc3c(c2)CC(C)O3)c1. The summed E-state index contributed by atoms with van der Waals surface area (Å²) >= 11 is 7.48. The molecule has 2 atom stereocenters. The highest BCUT2D eigenvalue weighted by molar-refractivity contribution is 9.11. The Hall–Kier alpha value is -0.800. The molecule has 1 aliphatic heterocycles. The normalized spacial score (nSPS) is 18.5. The Bertz CT molecular complexity index is 651. The van der Waals surface area contributed by atoms with Crippen LogP contribution in [0.3, 0.4) is 0 Å². The summed E-state index contributed by atoms with van der Waals surface area (Å²) in [6, 6.07) is 12.9. The first-order valence-electron chi connectivity index (χ1n) is 6.74. The summed E-state index contributed by atoms with van der Waals surface area (Å²) in [6.07, 6.45) is 1.29. The number of ether oxygens (including phenoxy) is 1. The van der Waals surface area contributed by atoms with Gasteiger partial charge in [0.2, 0.25) is 0 Å². The van der Waals surface area contributed by atoms with Crippen LogP contribution in [-0.4, -0.2) is 6.10 Å². The third-order valence-electron chi connectivity index (χ3n) is 3.64. The maximum atomic E-state index is 5.77. The molecule has 2 aromatic carbocycles. The van der Waals surface area contributed by atoms with Gasteiger partial charge in [-0.2, -0.15) is 0 Å². The molecule has 0 radical (unpaired) electrons. The van der Waals surface area contributed by atoms with Crippen LogP contribution in [-0.2, 0) is 6.42 Å². The first-order chi connectivity index (χ1) is 9.54. The Labute approximate surface area is 136 Å². The van der Waals surface area contributed by atoms with Crippen LogP contribution in [0.4, 0.5) is 0 Å². The Morgan fingerprint density at radius 3 is 2.80 bits per heavy atom. The van der Waals surface area contributed by atoms with Gasteiger partial charge < -0.3 is 4.74 Å². The molecule has 0 fully saturated rings. The fourth-order valence-corrected chi connectivity index (χ4v) is 4.08. The van der Waals surface area contributed by atoms with Crippen LogP contribution in [0.25, 0.3) is 0 Å². The lowest BCUT2D eigenvalue weighted by Crippen LogP contribution is -2.05. The highest BCUT2D eigenvalue weighted by Crippen LogP contribution is 2.39. The van der Waals surface area contributed by atoms with Crippen molar-refractivity contribution in [1.29, 1.82) is 0 Å². The first-order valence-corrected chi connectivity index (χ1v) is 8.45. The van der Waals surface area contributed by atoms with Gasteiger partial charge in [-0.1, -0.05) is 61.7 Å². The van der Waals surface area contributed by atoms with E-state index in [1.807, 2.05) is 0 Å². The van der Waals surface area contributed by atoms with Crippen LogP contribution in [0.2, 0.25) is 0 Å². The zero-order chi connectivity index (χ0) is 14.3. The molecule has 2 aromatic rings. The number of hydrogen-bond donors (Lipinski definition) is 0. The van der Waals surface area contributed by atoms with Gasteiger partial charge in [0, 0.05) is 10.9 Å². The van der Waals surface area contributed by atoms with Crippen molar-refractivity contribution in [2.45, 2.75) is 31.2 Å². The first kappa shape index (κ1) is 14.2. The van der Waals surface area contributed by atoms with Crippen molar-refractivity contribution in [3.63, 3.8) is 0 Å². The molecule has 1 aliphatic rings. The fraction of sp³-hybridized carbons (Fsp3) is 0.294. The number of halogens is 2. The molecule has 0 saturated carbocycles. The highest BCUT2D eigenvalue weighted by Gasteiger charge is 2.21. The van der Waals surface area contributed by atoms with Crippen LogP contribution in [0.5, 0.6) is 5.75 Å². The lowest BCUT2D eigenvalue weighted by Gasteiger charge is -2.14. The summed E-state index contributed by atoms with van der Waals surface area (Å²) in [5.41, 5.74) is 5.11. The molecule has 0 N–H and O–H groups in total. The zero-order valence-electron chi connectivity index (χ0n) is 11.5. The molecular weight excluding hydrogens is 380 g/mol. The van der Waals surface area contributed by atoms with E-state index >= 15 is 0 Å². The molecule has 3 rings (SSSR count). The van der Waals surface area contributed by atoms with E-state index in [0.717, 1.165) is 16.6 Å². The van der Waals surface area contributed by atoms with Crippen LogP contribution in [0.15, 0.2) is 40.9 Å². The Balaban J connectivity index is 1.97. The van der Waals surface area contributed by atoms with E-state index in [4.69, 9.17) is 4.74 Å². The molecule has 1 nitrogen and oxygen atoms in total. The molecule has 2 unspecified atom stereocenters. The predicted octanol–water partition coefficient (Wildman–Crippen LogP) is 5.57. The fourth-order valence-electron chi connectivity index (χ4n) is 2.64. The minimum atomic E-state index is 0.193. The van der Waals surface area contributed by atoms with Crippen LogP contribution >= 0.6 is 31.9 Å². The number of benzene rings is 2. The van der Waals surface area contributed by atoms with E-state index in [-0.39, 0.29) is 4.83 Å². The van der Waals surface area contributed by atoms with Crippen LogP contribution in [0.1, 0.15) is 34.0 Å². The summed E-state index contributed by atoms with van der Waals surface area (Å²) in [5.74, 6) is 1.03. The number of hydrogen-bond acceptors (Lipinski definition) is 1. The standard InChI is InChI=1S/C17H16Br2O/c1-10-3-5-15(18)14(7-10)17(19)12-4-6-16-13(9-12)8-11(2)20-16/h3-7,9,11,17H,8H2,1-2H3. The average Bonchev–Trinajstić information content (AvgIpc) is 2.79.